The molecular weight excluding hydrogens is 312 g/mol. The molecule has 0 fully saturated rings. The molecule has 0 radical (unpaired) electrons. The van der Waals surface area contributed by atoms with Crippen LogP contribution in [0.25, 0.3) is 0 Å². The first-order chi connectivity index (χ1) is 8.88. The molecule has 1 rings (SSSR count). The minimum Gasteiger partial charge on any atom is -0.493 e. The van der Waals surface area contributed by atoms with Gasteiger partial charge in [-0.05, 0) is 6.07 Å². The zero-order chi connectivity index (χ0) is 14.4. The summed E-state index contributed by atoms with van der Waals surface area (Å²) in [4.78, 5) is 10.3. The van der Waals surface area contributed by atoms with Gasteiger partial charge in [0.25, 0.3) is 5.69 Å². The molecule has 0 saturated carbocycles. The monoisotopic (exact) mass is 330 g/mol. The quantitative estimate of drug-likeness (QED) is 0.615. The maximum absolute atomic E-state index is 10.7. The van der Waals surface area contributed by atoms with Crippen molar-refractivity contribution in [3.05, 3.63) is 32.8 Å². The summed E-state index contributed by atoms with van der Waals surface area (Å²) >= 11 is 3.24. The molecule has 1 aromatic rings. The summed E-state index contributed by atoms with van der Waals surface area (Å²) in [5.41, 5.74) is 0.0253. The van der Waals surface area contributed by atoms with Crippen LogP contribution < -0.4 is 10.1 Å². The lowest BCUT2D eigenvalue weighted by Gasteiger charge is -2.15. The van der Waals surface area contributed by atoms with Gasteiger partial charge in [-0.3, -0.25) is 10.1 Å². The Morgan fingerprint density at radius 1 is 1.37 bits per heavy atom. The summed E-state index contributed by atoms with van der Waals surface area (Å²) < 4.78 is 6.24. The van der Waals surface area contributed by atoms with Gasteiger partial charge in [-0.25, -0.2) is 0 Å². The van der Waals surface area contributed by atoms with Crippen molar-refractivity contribution in [2.24, 2.45) is 5.92 Å². The van der Waals surface area contributed by atoms with E-state index >= 15 is 0 Å². The molecular formula is C13H19BrN2O3. The highest BCUT2D eigenvalue weighted by atomic mass is 79.9. The number of benzene rings is 1. The average Bonchev–Trinajstić information content (AvgIpc) is 2.33. The van der Waals surface area contributed by atoms with E-state index in [2.05, 4.69) is 42.0 Å². The molecule has 1 N–H and O–H groups in total. The summed E-state index contributed by atoms with van der Waals surface area (Å²) in [5, 5.41) is 14.1. The van der Waals surface area contributed by atoms with Crippen LogP contribution in [0, 0.1) is 16.0 Å². The number of rotatable bonds is 7. The smallest absolute Gasteiger partial charge is 0.274 e. The predicted molar refractivity (Wildman–Crippen MR) is 78.6 cm³/mol. The third-order valence-corrected chi connectivity index (χ3v) is 2.93. The van der Waals surface area contributed by atoms with Crippen molar-refractivity contribution in [3.8, 4) is 5.75 Å². The zero-order valence-corrected chi connectivity index (χ0v) is 12.9. The lowest BCUT2D eigenvalue weighted by atomic mass is 10.2. The highest BCUT2D eigenvalue weighted by Gasteiger charge is 2.11. The molecule has 0 aromatic heterocycles. The van der Waals surface area contributed by atoms with E-state index in [0.717, 1.165) is 6.54 Å². The second-order valence-corrected chi connectivity index (χ2v) is 5.80. The number of nitro groups is 1. The molecule has 0 heterocycles. The van der Waals surface area contributed by atoms with Crippen molar-refractivity contribution < 1.29 is 9.66 Å². The molecule has 0 bridgehead atoms. The van der Waals surface area contributed by atoms with E-state index in [-0.39, 0.29) is 5.69 Å². The Morgan fingerprint density at radius 3 is 2.63 bits per heavy atom. The van der Waals surface area contributed by atoms with Crippen LogP contribution >= 0.6 is 15.9 Å². The molecule has 106 valence electrons. The first-order valence-electron chi connectivity index (χ1n) is 6.19. The molecule has 1 atom stereocenters. The van der Waals surface area contributed by atoms with Gasteiger partial charge in [0.05, 0.1) is 17.6 Å². The van der Waals surface area contributed by atoms with Crippen molar-refractivity contribution in [2.45, 2.75) is 26.8 Å². The van der Waals surface area contributed by atoms with E-state index in [1.54, 1.807) is 6.07 Å². The third-order valence-electron chi connectivity index (χ3n) is 2.48. The predicted octanol–water partition coefficient (Wildman–Crippen LogP) is 3.37. The van der Waals surface area contributed by atoms with Gasteiger partial charge in [-0.2, -0.15) is 0 Å². The van der Waals surface area contributed by atoms with Crippen molar-refractivity contribution >= 4 is 21.6 Å². The molecule has 0 spiro atoms. The van der Waals surface area contributed by atoms with Gasteiger partial charge in [0.2, 0.25) is 0 Å². The second kappa shape index (κ2) is 7.45. The van der Waals surface area contributed by atoms with Gasteiger partial charge < -0.3 is 10.1 Å². The van der Waals surface area contributed by atoms with Gasteiger partial charge in [-0.15, -0.1) is 0 Å². The minimum absolute atomic E-state index is 0.0253. The maximum atomic E-state index is 10.7. The Balaban J connectivity index is 2.55. The fraction of sp³-hybridized carbons (Fsp3) is 0.538. The number of ether oxygens (including phenoxy) is 1. The van der Waals surface area contributed by atoms with Crippen molar-refractivity contribution in [1.29, 1.82) is 0 Å². The first kappa shape index (κ1) is 15.9. The zero-order valence-electron chi connectivity index (χ0n) is 11.4. The SMILES string of the molecule is CC(CNC(C)C)COc1cc(Br)cc([N+](=O)[O-])c1. The molecule has 5 nitrogen and oxygen atoms in total. The number of halogens is 1. The summed E-state index contributed by atoms with van der Waals surface area (Å²) in [6, 6.07) is 5.06. The van der Waals surface area contributed by atoms with E-state index in [0.29, 0.717) is 28.8 Å². The van der Waals surface area contributed by atoms with Crippen molar-refractivity contribution in [1.82, 2.24) is 5.32 Å². The van der Waals surface area contributed by atoms with Crippen LogP contribution in [0.5, 0.6) is 5.75 Å². The fourth-order valence-corrected chi connectivity index (χ4v) is 1.93. The normalized spacial score (nSPS) is 12.5. The van der Waals surface area contributed by atoms with Crippen LogP contribution in [-0.2, 0) is 0 Å². The number of hydrogen-bond acceptors (Lipinski definition) is 4. The van der Waals surface area contributed by atoms with E-state index in [1.807, 2.05) is 0 Å². The average molecular weight is 331 g/mol. The molecule has 0 amide bonds. The van der Waals surface area contributed by atoms with Crippen LogP contribution in [0.2, 0.25) is 0 Å². The lowest BCUT2D eigenvalue weighted by molar-refractivity contribution is -0.385. The van der Waals surface area contributed by atoms with Gasteiger partial charge in [0.15, 0.2) is 0 Å². The summed E-state index contributed by atoms with van der Waals surface area (Å²) in [7, 11) is 0. The summed E-state index contributed by atoms with van der Waals surface area (Å²) in [6.07, 6.45) is 0. The molecule has 1 aromatic carbocycles. The number of hydrogen-bond donors (Lipinski definition) is 1. The molecule has 19 heavy (non-hydrogen) atoms. The van der Waals surface area contributed by atoms with Crippen LogP contribution in [0.1, 0.15) is 20.8 Å². The number of nitrogens with zero attached hydrogens (tertiary/aromatic N) is 1. The minimum atomic E-state index is -0.429. The van der Waals surface area contributed by atoms with E-state index in [9.17, 15) is 10.1 Å². The van der Waals surface area contributed by atoms with Gasteiger partial charge in [0.1, 0.15) is 5.75 Å². The van der Waals surface area contributed by atoms with E-state index in [1.165, 1.54) is 12.1 Å². The fourth-order valence-electron chi connectivity index (χ4n) is 1.47. The molecule has 0 aliphatic rings. The third kappa shape index (κ3) is 6.02. The Hall–Kier alpha value is -1.14. The van der Waals surface area contributed by atoms with Gasteiger partial charge >= 0.3 is 0 Å². The molecule has 6 heteroatoms. The second-order valence-electron chi connectivity index (χ2n) is 4.88. The van der Waals surface area contributed by atoms with Crippen LogP contribution in [-0.4, -0.2) is 24.1 Å². The molecule has 0 saturated heterocycles. The number of nitro benzene ring substituents is 1. The Bertz CT molecular complexity index is 438. The van der Waals surface area contributed by atoms with Crippen LogP contribution in [0.4, 0.5) is 5.69 Å². The Kier molecular flexibility index (Phi) is 6.24. The van der Waals surface area contributed by atoms with Gasteiger partial charge in [0, 0.05) is 29.0 Å². The van der Waals surface area contributed by atoms with Gasteiger partial charge in [-0.1, -0.05) is 36.7 Å². The first-order valence-corrected chi connectivity index (χ1v) is 6.99. The number of non-ortho nitro benzene ring substituents is 1. The highest BCUT2D eigenvalue weighted by Crippen LogP contribution is 2.26. The van der Waals surface area contributed by atoms with Crippen molar-refractivity contribution in [2.75, 3.05) is 13.2 Å². The maximum Gasteiger partial charge on any atom is 0.274 e. The topological polar surface area (TPSA) is 64.4 Å². The van der Waals surface area contributed by atoms with Crippen LogP contribution in [0.15, 0.2) is 22.7 Å². The summed E-state index contributed by atoms with van der Waals surface area (Å²) in [6.45, 7) is 7.62. The van der Waals surface area contributed by atoms with E-state index < -0.39 is 4.92 Å². The largest absolute Gasteiger partial charge is 0.493 e. The van der Waals surface area contributed by atoms with Crippen LogP contribution in [0.3, 0.4) is 0 Å². The lowest BCUT2D eigenvalue weighted by Crippen LogP contribution is -2.30. The standard InChI is InChI=1S/C13H19BrN2O3/c1-9(2)15-7-10(3)8-19-13-5-11(14)4-12(6-13)16(17)18/h4-6,9-10,15H,7-8H2,1-3H3. The molecule has 0 aliphatic carbocycles. The Morgan fingerprint density at radius 2 is 2.05 bits per heavy atom. The molecule has 1 unspecified atom stereocenters. The summed E-state index contributed by atoms with van der Waals surface area (Å²) in [5.74, 6) is 0.845. The highest BCUT2D eigenvalue weighted by molar-refractivity contribution is 9.10. The Labute approximate surface area is 121 Å². The molecule has 0 aliphatic heterocycles. The van der Waals surface area contributed by atoms with E-state index in [4.69, 9.17) is 4.74 Å². The van der Waals surface area contributed by atoms with Crippen molar-refractivity contribution in [3.63, 3.8) is 0 Å². The number of nitrogens with one attached hydrogen (secondary N) is 1.